The molecule has 0 amide bonds. The summed E-state index contributed by atoms with van der Waals surface area (Å²) in [5.74, 6) is 0.662. The first-order valence-electron chi connectivity index (χ1n) is 6.90. The summed E-state index contributed by atoms with van der Waals surface area (Å²) in [6.07, 6.45) is 7.72. The van der Waals surface area contributed by atoms with Crippen LogP contribution in [0.5, 0.6) is 0 Å². The third-order valence-electron chi connectivity index (χ3n) is 3.14. The van der Waals surface area contributed by atoms with Crippen molar-refractivity contribution < 1.29 is 0 Å². The number of aromatic nitrogens is 4. The van der Waals surface area contributed by atoms with Gasteiger partial charge in [0.15, 0.2) is 5.69 Å². The van der Waals surface area contributed by atoms with Crippen molar-refractivity contribution in [2.24, 2.45) is 0 Å². The smallest absolute Gasteiger partial charge is 0.158 e. The molecule has 6 nitrogen and oxygen atoms in total. The van der Waals surface area contributed by atoms with Crippen molar-refractivity contribution in [3.8, 4) is 11.8 Å². The molecule has 6 heteroatoms. The second kappa shape index (κ2) is 6.50. The standard InChI is InChI=1S/C16H14N6/c17-8-14-10-20-16(11-19-14)18-7-6-13-9-21-22(12-13)15-4-2-1-3-5-15/h1-5,9-12H,6-7H2,(H,18,20). The molecule has 2 aromatic heterocycles. The van der Waals surface area contributed by atoms with Crippen LogP contribution < -0.4 is 5.32 Å². The Morgan fingerprint density at radius 1 is 1.09 bits per heavy atom. The lowest BCUT2D eigenvalue weighted by molar-refractivity contribution is 0.879. The molecule has 0 aliphatic carbocycles. The fourth-order valence-electron chi connectivity index (χ4n) is 2.02. The number of hydrogen-bond donors (Lipinski definition) is 1. The Morgan fingerprint density at radius 2 is 1.95 bits per heavy atom. The molecule has 0 atom stereocenters. The number of hydrogen-bond acceptors (Lipinski definition) is 5. The Hall–Kier alpha value is -3.20. The molecule has 0 unspecified atom stereocenters. The van der Waals surface area contributed by atoms with Crippen molar-refractivity contribution in [1.82, 2.24) is 19.7 Å². The van der Waals surface area contributed by atoms with Crippen LogP contribution >= 0.6 is 0 Å². The molecule has 0 aliphatic rings. The molecular weight excluding hydrogens is 276 g/mol. The molecular formula is C16H14N6. The van der Waals surface area contributed by atoms with Crippen LogP contribution in [0.2, 0.25) is 0 Å². The maximum absolute atomic E-state index is 8.67. The highest BCUT2D eigenvalue weighted by molar-refractivity contribution is 5.34. The zero-order valence-electron chi connectivity index (χ0n) is 11.8. The summed E-state index contributed by atoms with van der Waals surface area (Å²) in [5.41, 5.74) is 2.49. The number of nitrogens with zero attached hydrogens (tertiary/aromatic N) is 5. The van der Waals surface area contributed by atoms with E-state index in [-0.39, 0.29) is 0 Å². The lowest BCUT2D eigenvalue weighted by Crippen LogP contribution is -2.06. The average Bonchev–Trinajstić information content (AvgIpc) is 3.05. The summed E-state index contributed by atoms with van der Waals surface area (Å²) in [5, 5.41) is 16.2. The van der Waals surface area contributed by atoms with Gasteiger partial charge in [-0.1, -0.05) is 18.2 Å². The zero-order chi connectivity index (χ0) is 15.2. The summed E-state index contributed by atoms with van der Waals surface area (Å²) in [7, 11) is 0. The summed E-state index contributed by atoms with van der Waals surface area (Å²) in [4.78, 5) is 8.08. The minimum absolute atomic E-state index is 0.315. The van der Waals surface area contributed by atoms with Gasteiger partial charge in [-0.05, 0) is 24.1 Å². The molecule has 0 saturated heterocycles. The maximum atomic E-state index is 8.67. The Morgan fingerprint density at radius 3 is 2.68 bits per heavy atom. The number of benzene rings is 1. The van der Waals surface area contributed by atoms with E-state index in [0.29, 0.717) is 11.5 Å². The molecule has 108 valence electrons. The normalized spacial score (nSPS) is 10.1. The third kappa shape index (κ3) is 3.27. The highest BCUT2D eigenvalue weighted by Crippen LogP contribution is 2.08. The van der Waals surface area contributed by atoms with Gasteiger partial charge in [0.2, 0.25) is 0 Å². The van der Waals surface area contributed by atoms with Gasteiger partial charge >= 0.3 is 0 Å². The van der Waals surface area contributed by atoms with Crippen LogP contribution in [0.15, 0.2) is 55.1 Å². The van der Waals surface area contributed by atoms with Crippen LogP contribution in [0, 0.1) is 11.3 Å². The van der Waals surface area contributed by atoms with E-state index in [9.17, 15) is 0 Å². The molecule has 22 heavy (non-hydrogen) atoms. The first kappa shape index (κ1) is 13.8. The van der Waals surface area contributed by atoms with Gasteiger partial charge in [0.1, 0.15) is 11.9 Å². The lowest BCUT2D eigenvalue weighted by atomic mass is 10.2. The van der Waals surface area contributed by atoms with Gasteiger partial charge in [0, 0.05) is 12.7 Å². The second-order valence-corrected chi connectivity index (χ2v) is 4.70. The van der Waals surface area contributed by atoms with Crippen LogP contribution in [0.4, 0.5) is 5.82 Å². The van der Waals surface area contributed by atoms with Crippen molar-refractivity contribution in [2.45, 2.75) is 6.42 Å². The van der Waals surface area contributed by atoms with E-state index < -0.39 is 0 Å². The topological polar surface area (TPSA) is 79.4 Å². The molecule has 2 heterocycles. The predicted octanol–water partition coefficient (Wildman–Crippen LogP) is 2.19. The number of anilines is 1. The van der Waals surface area contributed by atoms with E-state index >= 15 is 0 Å². The van der Waals surface area contributed by atoms with Gasteiger partial charge < -0.3 is 5.32 Å². The summed E-state index contributed by atoms with van der Waals surface area (Å²) < 4.78 is 1.86. The van der Waals surface area contributed by atoms with E-state index in [1.165, 1.54) is 6.20 Å². The Balaban J connectivity index is 1.56. The quantitative estimate of drug-likeness (QED) is 0.779. The van der Waals surface area contributed by atoms with E-state index in [1.807, 2.05) is 53.5 Å². The third-order valence-corrected chi connectivity index (χ3v) is 3.14. The average molecular weight is 290 g/mol. The summed E-state index contributed by atoms with van der Waals surface area (Å²) >= 11 is 0. The Bertz CT molecular complexity index is 770. The maximum Gasteiger partial charge on any atom is 0.158 e. The fraction of sp³-hybridized carbons (Fsp3) is 0.125. The molecule has 0 aliphatic heterocycles. The molecule has 3 aromatic rings. The highest BCUT2D eigenvalue weighted by Gasteiger charge is 2.01. The number of nitrogens with one attached hydrogen (secondary N) is 1. The molecule has 0 saturated carbocycles. The minimum Gasteiger partial charge on any atom is -0.368 e. The van der Waals surface area contributed by atoms with Crippen molar-refractivity contribution in [3.63, 3.8) is 0 Å². The zero-order valence-corrected chi connectivity index (χ0v) is 11.8. The predicted molar refractivity (Wildman–Crippen MR) is 82.5 cm³/mol. The van der Waals surface area contributed by atoms with Crippen LogP contribution in [-0.2, 0) is 6.42 Å². The molecule has 0 radical (unpaired) electrons. The SMILES string of the molecule is N#Cc1cnc(NCCc2cnn(-c3ccccc3)c2)cn1. The summed E-state index contributed by atoms with van der Waals surface area (Å²) in [6.45, 7) is 0.723. The van der Waals surface area contributed by atoms with Crippen molar-refractivity contribution >= 4 is 5.82 Å². The Kier molecular flexibility index (Phi) is 4.07. The van der Waals surface area contributed by atoms with Gasteiger partial charge in [-0.25, -0.2) is 14.6 Å². The fourth-order valence-corrected chi connectivity index (χ4v) is 2.02. The van der Waals surface area contributed by atoms with E-state index in [1.54, 1.807) is 6.20 Å². The monoisotopic (exact) mass is 290 g/mol. The van der Waals surface area contributed by atoms with Crippen molar-refractivity contribution in [1.29, 1.82) is 5.26 Å². The Labute approximate surface area is 128 Å². The van der Waals surface area contributed by atoms with E-state index in [4.69, 9.17) is 5.26 Å². The molecule has 1 N–H and O–H groups in total. The summed E-state index contributed by atoms with van der Waals surface area (Å²) in [6, 6.07) is 11.9. The number of nitriles is 1. The van der Waals surface area contributed by atoms with Gasteiger partial charge in [-0.15, -0.1) is 0 Å². The van der Waals surface area contributed by atoms with Crippen LogP contribution in [0.3, 0.4) is 0 Å². The first-order valence-corrected chi connectivity index (χ1v) is 6.90. The largest absolute Gasteiger partial charge is 0.368 e. The van der Waals surface area contributed by atoms with Crippen LogP contribution in [0.1, 0.15) is 11.3 Å². The first-order chi connectivity index (χ1) is 10.8. The molecule has 0 fully saturated rings. The molecule has 1 aromatic carbocycles. The van der Waals surface area contributed by atoms with Gasteiger partial charge in [0.25, 0.3) is 0 Å². The van der Waals surface area contributed by atoms with Crippen LogP contribution in [0.25, 0.3) is 5.69 Å². The molecule has 0 spiro atoms. The number of para-hydroxylation sites is 1. The highest BCUT2D eigenvalue weighted by atomic mass is 15.3. The second-order valence-electron chi connectivity index (χ2n) is 4.70. The van der Waals surface area contributed by atoms with Gasteiger partial charge in [0.05, 0.1) is 24.3 Å². The van der Waals surface area contributed by atoms with E-state index in [0.717, 1.165) is 24.2 Å². The molecule has 0 bridgehead atoms. The van der Waals surface area contributed by atoms with Crippen LogP contribution in [-0.4, -0.2) is 26.3 Å². The van der Waals surface area contributed by atoms with Gasteiger partial charge in [-0.2, -0.15) is 10.4 Å². The van der Waals surface area contributed by atoms with E-state index in [2.05, 4.69) is 20.4 Å². The number of rotatable bonds is 5. The van der Waals surface area contributed by atoms with Crippen molar-refractivity contribution in [3.05, 3.63) is 66.4 Å². The lowest BCUT2D eigenvalue weighted by Gasteiger charge is -2.03. The van der Waals surface area contributed by atoms with Gasteiger partial charge in [-0.3, -0.25) is 0 Å². The minimum atomic E-state index is 0.315. The molecule has 3 rings (SSSR count). The van der Waals surface area contributed by atoms with Crippen molar-refractivity contribution in [2.75, 3.05) is 11.9 Å².